The summed E-state index contributed by atoms with van der Waals surface area (Å²) in [6, 6.07) is 0. The van der Waals surface area contributed by atoms with Gasteiger partial charge in [-0.05, 0) is 0 Å². The molecule has 0 N–H and O–H groups in total. The van der Waals surface area contributed by atoms with Crippen LogP contribution in [0.3, 0.4) is 0 Å². The number of hydrogen-bond acceptors (Lipinski definition) is 0. The Bertz CT molecular complexity index is 66.0. The van der Waals surface area contributed by atoms with Gasteiger partial charge in [0, 0.05) is 15.2 Å². The average Bonchev–Trinajstić information content (AvgIpc) is 1.25. The summed E-state index contributed by atoms with van der Waals surface area (Å²) in [6.07, 6.45) is 0. The Labute approximate surface area is 73.4 Å². The Morgan fingerprint density at radius 1 is 0.556 bits per heavy atom. The quantitative estimate of drug-likeness (QED) is 0.456. The van der Waals surface area contributed by atoms with Gasteiger partial charge in [-0.15, -0.1) is 0 Å². The van der Waals surface area contributed by atoms with Gasteiger partial charge >= 0.3 is 18.9 Å². The third-order valence-corrected chi connectivity index (χ3v) is 20.2. The van der Waals surface area contributed by atoms with Crippen LogP contribution in [0.5, 0.6) is 0 Å². The summed E-state index contributed by atoms with van der Waals surface area (Å²) in [5, 5.41) is 0. The summed E-state index contributed by atoms with van der Waals surface area (Å²) in [4.78, 5) is 0. The van der Waals surface area contributed by atoms with Crippen LogP contribution in [-0.2, 0) is 0 Å². The zero-order chi connectivity index (χ0) is 7.00. The van der Waals surface area contributed by atoms with Crippen LogP contribution in [0.1, 0.15) is 0 Å². The van der Waals surface area contributed by atoms with Crippen molar-refractivity contribution in [3.8, 4) is 0 Å². The molecule has 0 heterocycles. The molecule has 0 spiro atoms. The van der Waals surface area contributed by atoms with E-state index in [1.807, 2.05) is 0 Å². The SMILES string of the molecule is C[Si](C)(C)[Si](C)(C)C.[Li+]. The van der Waals surface area contributed by atoms with Crippen LogP contribution < -0.4 is 18.9 Å². The van der Waals surface area contributed by atoms with Crippen LogP contribution in [-0.4, -0.2) is 15.2 Å². The second kappa shape index (κ2) is 3.43. The molecule has 0 aliphatic carbocycles. The van der Waals surface area contributed by atoms with Crippen LogP contribution in [0, 0.1) is 0 Å². The Morgan fingerprint density at radius 2 is 0.667 bits per heavy atom. The van der Waals surface area contributed by atoms with E-state index < -0.39 is 15.2 Å². The van der Waals surface area contributed by atoms with E-state index in [9.17, 15) is 0 Å². The van der Waals surface area contributed by atoms with Gasteiger partial charge in [-0.25, -0.2) is 0 Å². The summed E-state index contributed by atoms with van der Waals surface area (Å²) < 4.78 is 0. The van der Waals surface area contributed by atoms with Crippen molar-refractivity contribution in [3.63, 3.8) is 0 Å². The molecule has 0 aliphatic rings. The molecule has 3 heteroatoms. The molecule has 0 radical (unpaired) electrons. The minimum absolute atomic E-state index is 0. The standard InChI is InChI=1S/C6H18Si2.Li/c1-7(2,3)8(4,5)6;/h1-6H3;/q;+1. The molecular weight excluding hydrogens is 135 g/mol. The summed E-state index contributed by atoms with van der Waals surface area (Å²) in [7, 11) is -1.44. The number of hydrogen-bond donors (Lipinski definition) is 0. The molecule has 0 unspecified atom stereocenters. The number of rotatable bonds is 1. The molecule has 50 valence electrons. The van der Waals surface area contributed by atoms with E-state index in [0.29, 0.717) is 0 Å². The largest absolute Gasteiger partial charge is 1.00 e. The Kier molecular flexibility index (Phi) is 4.83. The molecule has 0 aromatic carbocycles. The molecule has 0 aliphatic heterocycles. The third-order valence-electron chi connectivity index (χ3n) is 2.25. The average molecular weight is 153 g/mol. The second-order valence-electron chi connectivity index (χ2n) is 4.50. The molecule has 0 aromatic rings. The molecule has 0 atom stereocenters. The summed E-state index contributed by atoms with van der Waals surface area (Å²) >= 11 is 0. The van der Waals surface area contributed by atoms with Crippen LogP contribution >= 0.6 is 0 Å². The van der Waals surface area contributed by atoms with E-state index in [0.717, 1.165) is 0 Å². The topological polar surface area (TPSA) is 0 Å². The first-order valence-corrected chi connectivity index (χ1v) is 11.2. The van der Waals surface area contributed by atoms with E-state index >= 15 is 0 Å². The maximum Gasteiger partial charge on any atom is 1.00 e. The summed E-state index contributed by atoms with van der Waals surface area (Å²) in [6.45, 7) is 14.8. The van der Waals surface area contributed by atoms with Gasteiger partial charge in [0.1, 0.15) is 0 Å². The maximum absolute atomic E-state index is 2.47. The molecule has 0 saturated heterocycles. The molecule has 0 saturated carbocycles. The predicted octanol–water partition coefficient (Wildman–Crippen LogP) is -0.255. The minimum atomic E-state index is -0.720. The summed E-state index contributed by atoms with van der Waals surface area (Å²) in [5.74, 6) is 0. The minimum Gasteiger partial charge on any atom is -0.0715 e. The molecule has 0 nitrogen and oxygen atoms in total. The summed E-state index contributed by atoms with van der Waals surface area (Å²) in [5.41, 5.74) is 0. The van der Waals surface area contributed by atoms with Crippen LogP contribution in [0.15, 0.2) is 0 Å². The van der Waals surface area contributed by atoms with E-state index in [1.54, 1.807) is 0 Å². The first kappa shape index (κ1) is 12.7. The van der Waals surface area contributed by atoms with Crippen molar-refractivity contribution in [2.45, 2.75) is 39.3 Å². The van der Waals surface area contributed by atoms with Gasteiger partial charge in [0.15, 0.2) is 0 Å². The van der Waals surface area contributed by atoms with E-state index in [1.165, 1.54) is 0 Å². The van der Waals surface area contributed by atoms with Gasteiger partial charge in [0.05, 0.1) is 0 Å². The van der Waals surface area contributed by atoms with Crippen molar-refractivity contribution in [1.82, 2.24) is 0 Å². The van der Waals surface area contributed by atoms with Gasteiger partial charge in [-0.1, -0.05) is 39.3 Å². The van der Waals surface area contributed by atoms with Crippen molar-refractivity contribution in [1.29, 1.82) is 0 Å². The predicted molar refractivity (Wildman–Crippen MR) is 46.7 cm³/mol. The molecule has 0 fully saturated rings. The smallest absolute Gasteiger partial charge is 0.0715 e. The van der Waals surface area contributed by atoms with Crippen molar-refractivity contribution in [2.75, 3.05) is 0 Å². The molecule has 9 heavy (non-hydrogen) atoms. The Balaban J connectivity index is 0. The van der Waals surface area contributed by atoms with Gasteiger partial charge in [0.25, 0.3) is 0 Å². The van der Waals surface area contributed by atoms with Crippen molar-refractivity contribution in [2.24, 2.45) is 0 Å². The Morgan fingerprint density at radius 3 is 0.667 bits per heavy atom. The van der Waals surface area contributed by atoms with Gasteiger partial charge in [-0.2, -0.15) is 0 Å². The van der Waals surface area contributed by atoms with Crippen LogP contribution in [0.25, 0.3) is 0 Å². The molecule has 0 amide bonds. The first-order chi connectivity index (χ1) is 3.25. The fraction of sp³-hybridized carbons (Fsp3) is 1.00. The fourth-order valence-corrected chi connectivity index (χ4v) is 0. The van der Waals surface area contributed by atoms with Crippen molar-refractivity contribution in [3.05, 3.63) is 0 Å². The molecule has 0 rings (SSSR count). The van der Waals surface area contributed by atoms with E-state index in [4.69, 9.17) is 0 Å². The monoisotopic (exact) mass is 153 g/mol. The van der Waals surface area contributed by atoms with Crippen molar-refractivity contribution < 1.29 is 18.9 Å². The van der Waals surface area contributed by atoms with E-state index in [-0.39, 0.29) is 18.9 Å². The van der Waals surface area contributed by atoms with Gasteiger partial charge in [0.2, 0.25) is 0 Å². The second-order valence-corrected chi connectivity index (χ2v) is 22.5. The maximum atomic E-state index is 2.47. The first-order valence-electron chi connectivity index (χ1n) is 3.25. The van der Waals surface area contributed by atoms with Crippen molar-refractivity contribution >= 4 is 15.2 Å². The zero-order valence-electron chi connectivity index (χ0n) is 8.00. The Hall–Kier alpha value is 1.03. The fourth-order valence-electron chi connectivity index (χ4n) is 0. The molecular formula is C6H18LiSi2+. The third kappa shape index (κ3) is 4.44. The van der Waals surface area contributed by atoms with Gasteiger partial charge in [-0.3, -0.25) is 0 Å². The van der Waals surface area contributed by atoms with E-state index in [2.05, 4.69) is 39.3 Å². The molecule has 0 bridgehead atoms. The molecule has 0 aromatic heterocycles. The van der Waals surface area contributed by atoms with Crippen LogP contribution in [0.2, 0.25) is 39.3 Å². The normalized spacial score (nSPS) is 12.7. The zero-order valence-corrected chi connectivity index (χ0v) is 10.0. The van der Waals surface area contributed by atoms with Crippen LogP contribution in [0.4, 0.5) is 0 Å². The van der Waals surface area contributed by atoms with Gasteiger partial charge < -0.3 is 0 Å².